The summed E-state index contributed by atoms with van der Waals surface area (Å²) in [5, 5.41) is 20.7. The van der Waals surface area contributed by atoms with Crippen LogP contribution in [0.5, 0.6) is 11.5 Å². The molecule has 32 heavy (non-hydrogen) atoms. The summed E-state index contributed by atoms with van der Waals surface area (Å²) in [5.74, 6) is -2.76. The Balaban J connectivity index is 1.88. The van der Waals surface area contributed by atoms with Crippen molar-refractivity contribution in [2.45, 2.75) is 13.2 Å². The number of benzene rings is 4. The molecule has 6 nitrogen and oxygen atoms in total. The Morgan fingerprint density at radius 2 is 1.00 bits per heavy atom. The molecule has 0 amide bonds. The summed E-state index contributed by atoms with van der Waals surface area (Å²) in [4.78, 5) is 24.5. The number of carboxylic acids is 2. The van der Waals surface area contributed by atoms with Crippen LogP contribution in [0.2, 0.25) is 0 Å². The zero-order valence-corrected chi connectivity index (χ0v) is 17.0. The van der Waals surface area contributed by atoms with Crippen molar-refractivity contribution in [3.8, 4) is 11.5 Å². The van der Waals surface area contributed by atoms with Crippen molar-refractivity contribution in [2.75, 3.05) is 0 Å². The van der Waals surface area contributed by atoms with E-state index in [2.05, 4.69) is 0 Å². The summed E-state index contributed by atoms with van der Waals surface area (Å²) in [7, 11) is 0. The first-order chi connectivity index (χ1) is 15.6. The van der Waals surface area contributed by atoms with Crippen molar-refractivity contribution < 1.29 is 29.3 Å². The average molecular weight is 428 g/mol. The summed E-state index contributed by atoms with van der Waals surface area (Å²) in [5.41, 5.74) is 1.11. The Kier molecular flexibility index (Phi) is 6.03. The normalized spacial score (nSPS) is 10.6. The van der Waals surface area contributed by atoms with Gasteiger partial charge in [0.15, 0.2) is 5.75 Å². The quantitative estimate of drug-likeness (QED) is 0.391. The smallest absolute Gasteiger partial charge is 0.343 e. The van der Waals surface area contributed by atoms with Crippen LogP contribution in [-0.4, -0.2) is 22.2 Å². The maximum Gasteiger partial charge on any atom is 0.343 e. The molecule has 0 fully saturated rings. The van der Waals surface area contributed by atoms with Crippen LogP contribution in [0.25, 0.3) is 10.8 Å². The number of ether oxygens (including phenoxy) is 2. The molecule has 0 bridgehead atoms. The number of carboxylic acid groups (broad SMARTS) is 2. The largest absolute Gasteiger partial charge is 0.487 e. The lowest BCUT2D eigenvalue weighted by Gasteiger charge is -2.19. The molecule has 0 aliphatic rings. The summed E-state index contributed by atoms with van der Waals surface area (Å²) in [6.45, 7) is 0.132. The standard InChI is InChI=1S/C26H20O6/c27-25(28)21-19-13-7-8-14-20(19)23(31-15-17-9-3-1-4-10-17)22(26(29)30)24(21)32-16-18-11-5-2-6-12-18/h1-14H,15-16H2,(H,27,28)(H,29,30). The van der Waals surface area contributed by atoms with Gasteiger partial charge in [0, 0.05) is 10.8 Å². The SMILES string of the molecule is O=C(O)c1c(OCc2ccccc2)c(C(=O)O)c2ccccc2c1OCc1ccccc1. The summed E-state index contributed by atoms with van der Waals surface area (Å²) in [6, 6.07) is 25.1. The van der Waals surface area contributed by atoms with E-state index in [9.17, 15) is 19.8 Å². The van der Waals surface area contributed by atoms with Crippen molar-refractivity contribution in [3.63, 3.8) is 0 Å². The maximum absolute atomic E-state index is 12.3. The van der Waals surface area contributed by atoms with Crippen LogP contribution in [0.4, 0.5) is 0 Å². The van der Waals surface area contributed by atoms with Crippen LogP contribution in [0.3, 0.4) is 0 Å². The first kappa shape index (κ1) is 20.9. The monoisotopic (exact) mass is 428 g/mol. The van der Waals surface area contributed by atoms with E-state index in [1.54, 1.807) is 24.3 Å². The minimum Gasteiger partial charge on any atom is -0.487 e. The van der Waals surface area contributed by atoms with Crippen LogP contribution in [-0.2, 0) is 13.2 Å². The molecule has 2 N–H and O–H groups in total. The highest BCUT2D eigenvalue weighted by molar-refractivity contribution is 6.14. The van der Waals surface area contributed by atoms with Gasteiger partial charge >= 0.3 is 11.9 Å². The second kappa shape index (κ2) is 9.22. The molecule has 0 spiro atoms. The van der Waals surface area contributed by atoms with Gasteiger partial charge in [0.25, 0.3) is 0 Å². The number of aromatic carboxylic acids is 2. The highest BCUT2D eigenvalue weighted by Gasteiger charge is 2.29. The number of rotatable bonds is 8. The molecule has 4 rings (SSSR count). The fourth-order valence-electron chi connectivity index (χ4n) is 3.54. The molecule has 0 heterocycles. The van der Waals surface area contributed by atoms with Gasteiger partial charge in [-0.3, -0.25) is 0 Å². The first-order valence-electron chi connectivity index (χ1n) is 9.95. The number of fused-ring (bicyclic) bond motifs is 1. The lowest BCUT2D eigenvalue weighted by molar-refractivity contribution is 0.0684. The molecule has 0 radical (unpaired) electrons. The van der Waals surface area contributed by atoms with Crippen molar-refractivity contribution in [1.82, 2.24) is 0 Å². The summed E-state index contributed by atoms with van der Waals surface area (Å²) >= 11 is 0. The number of hydrogen-bond acceptors (Lipinski definition) is 4. The van der Waals surface area contributed by atoms with Gasteiger partial charge in [0.2, 0.25) is 0 Å². The van der Waals surface area contributed by atoms with Crippen molar-refractivity contribution in [2.24, 2.45) is 0 Å². The molecule has 0 unspecified atom stereocenters. The van der Waals surface area contributed by atoms with Crippen LogP contribution in [0.1, 0.15) is 31.8 Å². The van der Waals surface area contributed by atoms with Crippen LogP contribution in [0, 0.1) is 0 Å². The second-order valence-electron chi connectivity index (χ2n) is 7.11. The van der Waals surface area contributed by atoms with E-state index in [4.69, 9.17) is 9.47 Å². The van der Waals surface area contributed by atoms with Gasteiger partial charge in [0.05, 0.1) is 0 Å². The van der Waals surface area contributed by atoms with E-state index in [1.165, 1.54) is 0 Å². The molecular weight excluding hydrogens is 408 g/mol. The van der Waals surface area contributed by atoms with Crippen molar-refractivity contribution in [1.29, 1.82) is 0 Å². The third-order valence-electron chi connectivity index (χ3n) is 5.00. The van der Waals surface area contributed by atoms with Gasteiger partial charge in [-0.05, 0) is 11.1 Å². The molecule has 4 aromatic carbocycles. The van der Waals surface area contributed by atoms with E-state index in [0.29, 0.717) is 10.8 Å². The Hall–Kier alpha value is -4.32. The van der Waals surface area contributed by atoms with Crippen molar-refractivity contribution >= 4 is 22.7 Å². The van der Waals surface area contributed by atoms with Gasteiger partial charge in [-0.25, -0.2) is 9.59 Å². The summed E-state index contributed by atoms with van der Waals surface area (Å²) < 4.78 is 11.8. The van der Waals surface area contributed by atoms with Gasteiger partial charge in [-0.15, -0.1) is 0 Å². The van der Waals surface area contributed by atoms with E-state index in [-0.39, 0.29) is 35.8 Å². The molecule has 0 aliphatic carbocycles. The van der Waals surface area contributed by atoms with Crippen molar-refractivity contribution in [3.05, 3.63) is 107 Å². The molecule has 4 aromatic rings. The first-order valence-corrected chi connectivity index (χ1v) is 9.95. The lowest BCUT2D eigenvalue weighted by atomic mass is 9.97. The maximum atomic E-state index is 12.3. The topological polar surface area (TPSA) is 93.1 Å². The third-order valence-corrected chi connectivity index (χ3v) is 5.00. The van der Waals surface area contributed by atoms with E-state index >= 15 is 0 Å². The molecule has 0 atom stereocenters. The molecule has 160 valence electrons. The van der Waals surface area contributed by atoms with Crippen LogP contribution >= 0.6 is 0 Å². The minimum atomic E-state index is -1.33. The molecule has 0 aromatic heterocycles. The second-order valence-corrected chi connectivity index (χ2v) is 7.11. The summed E-state index contributed by atoms with van der Waals surface area (Å²) in [6.07, 6.45) is 0. The highest BCUT2D eigenvalue weighted by Crippen LogP contribution is 2.42. The number of carbonyl (C=O) groups is 2. The minimum absolute atomic E-state index is 0.0118. The average Bonchev–Trinajstić information content (AvgIpc) is 2.81. The van der Waals surface area contributed by atoms with E-state index in [0.717, 1.165) is 11.1 Å². The predicted molar refractivity (Wildman–Crippen MR) is 119 cm³/mol. The van der Waals surface area contributed by atoms with Gasteiger partial charge in [-0.1, -0.05) is 84.9 Å². The Bertz CT molecular complexity index is 1270. The van der Waals surface area contributed by atoms with Crippen LogP contribution < -0.4 is 9.47 Å². The Morgan fingerprint density at radius 3 is 1.50 bits per heavy atom. The molecular formula is C26H20O6. The molecule has 6 heteroatoms. The fourth-order valence-corrected chi connectivity index (χ4v) is 3.54. The van der Waals surface area contributed by atoms with E-state index < -0.39 is 11.9 Å². The molecule has 0 saturated carbocycles. The molecule has 0 saturated heterocycles. The van der Waals surface area contributed by atoms with Gasteiger partial charge in [0.1, 0.15) is 30.1 Å². The Labute approximate surface area is 184 Å². The molecule has 0 aliphatic heterocycles. The third kappa shape index (κ3) is 4.25. The Morgan fingerprint density at radius 1 is 0.562 bits per heavy atom. The van der Waals surface area contributed by atoms with Crippen LogP contribution in [0.15, 0.2) is 84.9 Å². The zero-order valence-electron chi connectivity index (χ0n) is 17.0. The van der Waals surface area contributed by atoms with Gasteiger partial charge < -0.3 is 19.7 Å². The zero-order chi connectivity index (χ0) is 22.5. The fraction of sp³-hybridized carbons (Fsp3) is 0.0769. The number of hydrogen-bond donors (Lipinski definition) is 2. The predicted octanol–water partition coefficient (Wildman–Crippen LogP) is 5.39. The lowest BCUT2D eigenvalue weighted by Crippen LogP contribution is -2.13. The van der Waals surface area contributed by atoms with Gasteiger partial charge in [-0.2, -0.15) is 0 Å². The van der Waals surface area contributed by atoms with E-state index in [1.807, 2.05) is 60.7 Å². The highest BCUT2D eigenvalue weighted by atomic mass is 16.5.